The molecule has 2 aromatic carbocycles. The smallest absolute Gasteiger partial charge is 0.275 e. The fourth-order valence-electron chi connectivity index (χ4n) is 2.12. The van der Waals surface area contributed by atoms with Crippen LogP contribution in [0.25, 0.3) is 10.9 Å². The van der Waals surface area contributed by atoms with Crippen LogP contribution in [0.15, 0.2) is 58.2 Å². The molecule has 0 unspecified atom stereocenters. The number of aromatic nitrogens is 1. The summed E-state index contributed by atoms with van der Waals surface area (Å²) in [6.45, 7) is 0. The molecule has 3 N–H and O–H groups in total. The van der Waals surface area contributed by atoms with E-state index >= 15 is 0 Å². The maximum Gasteiger partial charge on any atom is 0.275 e. The number of aromatic amines is 1. The molecule has 0 bridgehead atoms. The monoisotopic (exact) mass is 357 g/mol. The molecule has 110 valence electrons. The van der Waals surface area contributed by atoms with Crippen molar-refractivity contribution in [3.63, 3.8) is 0 Å². The maximum absolute atomic E-state index is 12.0. The first-order chi connectivity index (χ1) is 10.6. The van der Waals surface area contributed by atoms with E-state index in [1.54, 1.807) is 12.3 Å². The number of benzene rings is 2. The third-order valence-corrected chi connectivity index (χ3v) is 3.69. The molecule has 3 rings (SSSR count). The molecule has 1 amide bonds. The molecule has 1 heterocycles. The highest BCUT2D eigenvalue weighted by atomic mass is 79.9. The molecule has 0 aliphatic heterocycles. The molecule has 0 saturated heterocycles. The van der Waals surface area contributed by atoms with E-state index < -0.39 is 5.91 Å². The second kappa shape index (κ2) is 6.03. The van der Waals surface area contributed by atoms with E-state index in [4.69, 9.17) is 0 Å². The number of fused-ring (bicyclic) bond motifs is 1. The Morgan fingerprint density at radius 1 is 1.27 bits per heavy atom. The van der Waals surface area contributed by atoms with Crippen LogP contribution in [0, 0.1) is 0 Å². The van der Waals surface area contributed by atoms with Crippen molar-refractivity contribution in [1.29, 1.82) is 0 Å². The minimum absolute atomic E-state index is 0.103. The first-order valence-corrected chi connectivity index (χ1v) is 7.32. The molecule has 0 fully saturated rings. The Morgan fingerprint density at radius 3 is 2.91 bits per heavy atom. The predicted molar refractivity (Wildman–Crippen MR) is 89.2 cm³/mol. The van der Waals surface area contributed by atoms with Crippen LogP contribution in [0.4, 0.5) is 0 Å². The first kappa shape index (κ1) is 14.3. The quantitative estimate of drug-likeness (QED) is 0.496. The number of aromatic hydroxyl groups is 1. The standard InChI is InChI=1S/C16H12BrN3O2/c17-11-5-6-13(15(21)7-11)16(22)20-19-9-10-8-18-14-4-2-1-3-12(10)14/h1-9,18,21H,(H,20,22)/b19-9+. The maximum atomic E-state index is 12.0. The summed E-state index contributed by atoms with van der Waals surface area (Å²) >= 11 is 3.22. The van der Waals surface area contributed by atoms with Gasteiger partial charge in [-0.25, -0.2) is 5.43 Å². The molecule has 0 aliphatic rings. The average Bonchev–Trinajstić information content (AvgIpc) is 2.90. The zero-order chi connectivity index (χ0) is 15.5. The van der Waals surface area contributed by atoms with Gasteiger partial charge in [-0.3, -0.25) is 4.79 Å². The summed E-state index contributed by atoms with van der Waals surface area (Å²) in [7, 11) is 0. The van der Waals surface area contributed by atoms with Gasteiger partial charge >= 0.3 is 0 Å². The summed E-state index contributed by atoms with van der Waals surface area (Å²) < 4.78 is 0.698. The molecule has 5 nitrogen and oxygen atoms in total. The van der Waals surface area contributed by atoms with Gasteiger partial charge in [-0.15, -0.1) is 0 Å². The minimum Gasteiger partial charge on any atom is -0.507 e. The molecule has 0 aliphatic carbocycles. The number of hydrogen-bond donors (Lipinski definition) is 3. The molecule has 0 radical (unpaired) electrons. The fourth-order valence-corrected chi connectivity index (χ4v) is 2.47. The first-order valence-electron chi connectivity index (χ1n) is 6.53. The van der Waals surface area contributed by atoms with Crippen LogP contribution in [0.1, 0.15) is 15.9 Å². The van der Waals surface area contributed by atoms with Crippen molar-refractivity contribution in [3.8, 4) is 5.75 Å². The van der Waals surface area contributed by atoms with Crippen molar-refractivity contribution in [2.45, 2.75) is 0 Å². The summed E-state index contributed by atoms with van der Waals surface area (Å²) in [5.74, 6) is -0.574. The lowest BCUT2D eigenvalue weighted by atomic mass is 10.2. The Bertz CT molecular complexity index is 871. The van der Waals surface area contributed by atoms with Crippen LogP contribution >= 0.6 is 15.9 Å². The fraction of sp³-hybridized carbons (Fsp3) is 0. The average molecular weight is 358 g/mol. The Hall–Kier alpha value is -2.60. The van der Waals surface area contributed by atoms with Crippen molar-refractivity contribution in [2.75, 3.05) is 0 Å². The molecule has 3 aromatic rings. The molecular weight excluding hydrogens is 346 g/mol. The zero-order valence-corrected chi connectivity index (χ0v) is 13.0. The topological polar surface area (TPSA) is 77.5 Å². The number of hydrazone groups is 1. The lowest BCUT2D eigenvalue weighted by molar-refractivity contribution is 0.0952. The number of nitrogens with one attached hydrogen (secondary N) is 2. The predicted octanol–water partition coefficient (Wildman–Crippen LogP) is 3.40. The molecule has 6 heteroatoms. The highest BCUT2D eigenvalue weighted by Crippen LogP contribution is 2.22. The molecule has 0 spiro atoms. The van der Waals surface area contributed by atoms with Crippen molar-refractivity contribution >= 4 is 39.0 Å². The van der Waals surface area contributed by atoms with Gasteiger partial charge in [0.15, 0.2) is 0 Å². The van der Waals surface area contributed by atoms with Gasteiger partial charge in [0, 0.05) is 27.1 Å². The van der Waals surface area contributed by atoms with Gasteiger partial charge in [0.05, 0.1) is 11.8 Å². The summed E-state index contributed by atoms with van der Waals surface area (Å²) in [5.41, 5.74) is 4.44. The van der Waals surface area contributed by atoms with E-state index in [0.29, 0.717) is 4.47 Å². The second-order valence-electron chi connectivity index (χ2n) is 4.65. The molecular formula is C16H12BrN3O2. The Morgan fingerprint density at radius 2 is 2.09 bits per heavy atom. The largest absolute Gasteiger partial charge is 0.507 e. The number of carbonyl (C=O) groups excluding carboxylic acids is 1. The van der Waals surface area contributed by atoms with Crippen LogP contribution < -0.4 is 5.43 Å². The normalized spacial score (nSPS) is 11.1. The number of amides is 1. The highest BCUT2D eigenvalue weighted by Gasteiger charge is 2.10. The second-order valence-corrected chi connectivity index (χ2v) is 5.57. The number of rotatable bonds is 3. The third-order valence-electron chi connectivity index (χ3n) is 3.20. The number of halogens is 1. The van der Waals surface area contributed by atoms with Gasteiger partial charge in [0.1, 0.15) is 5.75 Å². The van der Waals surface area contributed by atoms with Gasteiger partial charge in [-0.1, -0.05) is 34.1 Å². The van der Waals surface area contributed by atoms with E-state index in [0.717, 1.165) is 16.5 Å². The van der Waals surface area contributed by atoms with Crippen LogP contribution in [0.2, 0.25) is 0 Å². The van der Waals surface area contributed by atoms with E-state index in [1.165, 1.54) is 12.1 Å². The summed E-state index contributed by atoms with van der Waals surface area (Å²) in [6, 6.07) is 12.5. The number of hydrogen-bond acceptors (Lipinski definition) is 3. The summed E-state index contributed by atoms with van der Waals surface area (Å²) in [4.78, 5) is 15.1. The van der Waals surface area contributed by atoms with Crippen molar-refractivity contribution in [1.82, 2.24) is 10.4 Å². The van der Waals surface area contributed by atoms with E-state index in [2.05, 4.69) is 31.4 Å². The SMILES string of the molecule is O=C(N/N=C/c1c[nH]c2ccccc12)c1ccc(Br)cc1O. The Labute approximate surface area is 134 Å². The van der Waals surface area contributed by atoms with Crippen LogP contribution in [0.3, 0.4) is 0 Å². The number of phenols is 1. The van der Waals surface area contributed by atoms with Crippen molar-refractivity contribution in [3.05, 3.63) is 64.3 Å². The van der Waals surface area contributed by atoms with Crippen LogP contribution in [-0.2, 0) is 0 Å². The molecule has 1 aromatic heterocycles. The van der Waals surface area contributed by atoms with Gasteiger partial charge in [0.25, 0.3) is 5.91 Å². The number of para-hydroxylation sites is 1. The van der Waals surface area contributed by atoms with E-state index in [1.807, 2.05) is 30.5 Å². The number of phenolic OH excluding ortho intramolecular Hbond substituents is 1. The van der Waals surface area contributed by atoms with Crippen LogP contribution in [0.5, 0.6) is 5.75 Å². The summed E-state index contributed by atoms with van der Waals surface area (Å²) in [6.07, 6.45) is 3.38. The molecule has 22 heavy (non-hydrogen) atoms. The number of H-pyrrole nitrogens is 1. The van der Waals surface area contributed by atoms with Gasteiger partial charge in [-0.2, -0.15) is 5.10 Å². The van der Waals surface area contributed by atoms with Gasteiger partial charge < -0.3 is 10.1 Å². The molecule has 0 atom stereocenters. The summed E-state index contributed by atoms with van der Waals surface area (Å²) in [5, 5.41) is 14.7. The highest BCUT2D eigenvalue weighted by molar-refractivity contribution is 9.10. The van der Waals surface area contributed by atoms with E-state index in [9.17, 15) is 9.90 Å². The zero-order valence-electron chi connectivity index (χ0n) is 11.4. The van der Waals surface area contributed by atoms with Crippen molar-refractivity contribution < 1.29 is 9.90 Å². The lowest BCUT2D eigenvalue weighted by Gasteiger charge is -2.03. The van der Waals surface area contributed by atoms with Crippen LogP contribution in [-0.4, -0.2) is 22.2 Å². The Balaban J connectivity index is 1.75. The number of carbonyl (C=O) groups is 1. The van der Waals surface area contributed by atoms with Gasteiger partial charge in [0.2, 0.25) is 0 Å². The molecule has 0 saturated carbocycles. The van der Waals surface area contributed by atoms with Crippen molar-refractivity contribution in [2.24, 2.45) is 5.10 Å². The Kier molecular flexibility index (Phi) is 3.93. The third kappa shape index (κ3) is 2.87. The lowest BCUT2D eigenvalue weighted by Crippen LogP contribution is -2.17. The number of nitrogens with zero attached hydrogens (tertiary/aromatic N) is 1. The van der Waals surface area contributed by atoms with E-state index in [-0.39, 0.29) is 11.3 Å². The minimum atomic E-state index is -0.471. The van der Waals surface area contributed by atoms with Gasteiger partial charge in [-0.05, 0) is 24.3 Å².